The molecule has 0 bridgehead atoms. The van der Waals surface area contributed by atoms with Gasteiger partial charge in [-0.1, -0.05) is 18.2 Å². The maximum absolute atomic E-state index is 11.7. The van der Waals surface area contributed by atoms with Crippen molar-refractivity contribution >= 4 is 17.3 Å². The topological polar surface area (TPSA) is 40.5 Å². The van der Waals surface area contributed by atoms with Gasteiger partial charge in [0.05, 0.1) is 0 Å². The Morgan fingerprint density at radius 3 is 2.71 bits per heavy atom. The van der Waals surface area contributed by atoms with Crippen molar-refractivity contribution in [2.45, 2.75) is 32.9 Å². The summed E-state index contributed by atoms with van der Waals surface area (Å²) in [6.07, 6.45) is 0.946. The van der Waals surface area contributed by atoms with Gasteiger partial charge in [-0.25, -0.2) is 0 Å². The molecule has 2 heterocycles. The molecule has 0 fully saturated rings. The summed E-state index contributed by atoms with van der Waals surface area (Å²) in [6.45, 7) is 5.69. The number of carboxylic acid groups (broad SMARTS) is 1. The molecule has 1 aliphatic heterocycles. The number of hydrogen-bond donors (Lipinski definition) is 1. The molecule has 1 aliphatic rings. The summed E-state index contributed by atoms with van der Waals surface area (Å²) in [5.41, 5.74) is 4.69. The Morgan fingerprint density at radius 2 is 2.05 bits per heavy atom. The van der Waals surface area contributed by atoms with Crippen molar-refractivity contribution in [3.05, 3.63) is 56.8 Å². The maximum atomic E-state index is 11.7. The highest BCUT2D eigenvalue weighted by Gasteiger charge is 2.33. The molecule has 3 rings (SSSR count). The highest BCUT2D eigenvalue weighted by Crippen LogP contribution is 2.35. The fourth-order valence-corrected chi connectivity index (χ4v) is 4.03. The van der Waals surface area contributed by atoms with Crippen molar-refractivity contribution in [1.29, 1.82) is 0 Å². The third kappa shape index (κ3) is 2.61. The second kappa shape index (κ2) is 5.62. The summed E-state index contributed by atoms with van der Waals surface area (Å²) < 4.78 is 0. The van der Waals surface area contributed by atoms with Crippen LogP contribution in [0.15, 0.2) is 29.6 Å². The molecule has 0 amide bonds. The van der Waals surface area contributed by atoms with Gasteiger partial charge in [0.15, 0.2) is 0 Å². The molecular weight excluding hydrogens is 282 g/mol. The summed E-state index contributed by atoms with van der Waals surface area (Å²) in [4.78, 5) is 15.1. The molecule has 3 nitrogen and oxygen atoms in total. The molecule has 110 valence electrons. The SMILES string of the molecule is Cc1cccc(C)c1CN1CCc2sccc2C1C(=O)O. The van der Waals surface area contributed by atoms with Crippen LogP contribution < -0.4 is 0 Å². The highest BCUT2D eigenvalue weighted by atomic mass is 32.1. The van der Waals surface area contributed by atoms with Gasteiger partial charge in [0.25, 0.3) is 0 Å². The Bertz CT molecular complexity index is 657. The van der Waals surface area contributed by atoms with Gasteiger partial charge < -0.3 is 5.11 Å². The van der Waals surface area contributed by atoms with Crippen LogP contribution in [0.4, 0.5) is 0 Å². The lowest BCUT2D eigenvalue weighted by atomic mass is 9.97. The van der Waals surface area contributed by atoms with Crippen LogP contribution in [0.5, 0.6) is 0 Å². The van der Waals surface area contributed by atoms with Gasteiger partial charge in [0.1, 0.15) is 6.04 Å². The number of thiophene rings is 1. The number of nitrogens with zero attached hydrogens (tertiary/aromatic N) is 1. The number of hydrogen-bond acceptors (Lipinski definition) is 3. The molecule has 1 atom stereocenters. The number of carboxylic acids is 1. The Labute approximate surface area is 128 Å². The van der Waals surface area contributed by atoms with Crippen molar-refractivity contribution in [1.82, 2.24) is 4.90 Å². The maximum Gasteiger partial charge on any atom is 0.325 e. The first-order valence-corrected chi connectivity index (χ1v) is 8.04. The smallest absolute Gasteiger partial charge is 0.325 e. The number of rotatable bonds is 3. The molecule has 0 radical (unpaired) electrons. The van der Waals surface area contributed by atoms with Crippen LogP contribution in [0.1, 0.15) is 33.2 Å². The van der Waals surface area contributed by atoms with Gasteiger partial charge >= 0.3 is 5.97 Å². The zero-order chi connectivity index (χ0) is 15.0. The van der Waals surface area contributed by atoms with E-state index in [-0.39, 0.29) is 0 Å². The summed E-state index contributed by atoms with van der Waals surface area (Å²) in [5.74, 6) is -0.749. The summed E-state index contributed by atoms with van der Waals surface area (Å²) in [6, 6.07) is 7.70. The monoisotopic (exact) mass is 301 g/mol. The molecule has 0 saturated heterocycles. The van der Waals surface area contributed by atoms with E-state index in [0.29, 0.717) is 6.54 Å². The van der Waals surface area contributed by atoms with E-state index >= 15 is 0 Å². The van der Waals surface area contributed by atoms with Crippen LogP contribution in [0, 0.1) is 13.8 Å². The Hall–Kier alpha value is -1.65. The van der Waals surface area contributed by atoms with Gasteiger partial charge in [-0.2, -0.15) is 0 Å². The Kier molecular flexibility index (Phi) is 3.83. The summed E-state index contributed by atoms with van der Waals surface area (Å²) in [7, 11) is 0. The molecule has 1 N–H and O–H groups in total. The van der Waals surface area contributed by atoms with Gasteiger partial charge in [0.2, 0.25) is 0 Å². The lowest BCUT2D eigenvalue weighted by molar-refractivity contribution is -0.144. The van der Waals surface area contributed by atoms with Gasteiger partial charge in [-0.3, -0.25) is 9.69 Å². The quantitative estimate of drug-likeness (QED) is 0.942. The second-order valence-electron chi connectivity index (χ2n) is 5.63. The number of aryl methyl sites for hydroxylation is 2. The lowest BCUT2D eigenvalue weighted by Crippen LogP contribution is -2.38. The molecule has 0 spiro atoms. The molecule has 1 unspecified atom stereocenters. The predicted octanol–water partition coefficient (Wildman–Crippen LogP) is 3.55. The minimum atomic E-state index is -0.749. The summed E-state index contributed by atoms with van der Waals surface area (Å²) in [5, 5.41) is 11.7. The van der Waals surface area contributed by atoms with Crippen molar-refractivity contribution in [2.24, 2.45) is 0 Å². The van der Waals surface area contributed by atoms with Crippen LogP contribution in [0.2, 0.25) is 0 Å². The van der Waals surface area contributed by atoms with E-state index in [0.717, 1.165) is 18.5 Å². The summed E-state index contributed by atoms with van der Waals surface area (Å²) >= 11 is 1.67. The fourth-order valence-electron chi connectivity index (χ4n) is 3.13. The van der Waals surface area contributed by atoms with Crippen molar-refractivity contribution < 1.29 is 9.90 Å². The van der Waals surface area contributed by atoms with E-state index in [2.05, 4.69) is 36.9 Å². The normalized spacial score (nSPS) is 18.5. The van der Waals surface area contributed by atoms with E-state index in [1.165, 1.54) is 21.6 Å². The first kappa shape index (κ1) is 14.3. The van der Waals surface area contributed by atoms with E-state index in [9.17, 15) is 9.90 Å². The first-order valence-electron chi connectivity index (χ1n) is 7.16. The molecule has 2 aromatic rings. The average Bonchev–Trinajstić information content (AvgIpc) is 2.90. The zero-order valence-corrected chi connectivity index (χ0v) is 13.1. The minimum absolute atomic E-state index is 0.515. The third-order valence-corrected chi connectivity index (χ3v) is 5.30. The number of aliphatic carboxylic acids is 1. The molecule has 21 heavy (non-hydrogen) atoms. The van der Waals surface area contributed by atoms with Gasteiger partial charge in [0, 0.05) is 18.0 Å². The molecule has 1 aromatic carbocycles. The fraction of sp³-hybridized carbons (Fsp3) is 0.353. The standard InChI is InChI=1S/C17H19NO2S/c1-11-4-3-5-12(2)14(11)10-18-8-6-15-13(7-9-21-15)16(18)17(19)20/h3-5,7,9,16H,6,8,10H2,1-2H3,(H,19,20). The van der Waals surface area contributed by atoms with Crippen molar-refractivity contribution in [2.75, 3.05) is 6.54 Å². The van der Waals surface area contributed by atoms with E-state index in [1.54, 1.807) is 11.3 Å². The molecule has 0 aliphatic carbocycles. The molecular formula is C17H19NO2S. The predicted molar refractivity (Wildman–Crippen MR) is 84.7 cm³/mol. The van der Waals surface area contributed by atoms with Crippen LogP contribution in [0.3, 0.4) is 0 Å². The van der Waals surface area contributed by atoms with Crippen LogP contribution in [-0.2, 0) is 17.8 Å². The van der Waals surface area contributed by atoms with Crippen LogP contribution in [-0.4, -0.2) is 22.5 Å². The van der Waals surface area contributed by atoms with Crippen molar-refractivity contribution in [3.8, 4) is 0 Å². The van der Waals surface area contributed by atoms with E-state index < -0.39 is 12.0 Å². The lowest BCUT2D eigenvalue weighted by Gasteiger charge is -2.33. The van der Waals surface area contributed by atoms with E-state index in [1.807, 2.05) is 11.4 Å². The van der Waals surface area contributed by atoms with E-state index in [4.69, 9.17) is 0 Å². The first-order chi connectivity index (χ1) is 10.1. The number of fused-ring (bicyclic) bond motifs is 1. The minimum Gasteiger partial charge on any atom is -0.480 e. The Morgan fingerprint density at radius 1 is 1.33 bits per heavy atom. The van der Waals surface area contributed by atoms with Gasteiger partial charge in [-0.05, 0) is 54.0 Å². The largest absolute Gasteiger partial charge is 0.480 e. The highest BCUT2D eigenvalue weighted by molar-refractivity contribution is 7.10. The number of carbonyl (C=O) groups is 1. The third-order valence-electron chi connectivity index (χ3n) is 4.31. The van der Waals surface area contributed by atoms with Crippen LogP contribution >= 0.6 is 11.3 Å². The van der Waals surface area contributed by atoms with Crippen molar-refractivity contribution in [3.63, 3.8) is 0 Å². The van der Waals surface area contributed by atoms with Gasteiger partial charge in [-0.15, -0.1) is 11.3 Å². The molecule has 4 heteroatoms. The molecule has 0 saturated carbocycles. The second-order valence-corrected chi connectivity index (χ2v) is 6.63. The molecule has 1 aromatic heterocycles. The Balaban J connectivity index is 1.94. The zero-order valence-electron chi connectivity index (χ0n) is 12.3. The number of benzene rings is 1. The average molecular weight is 301 g/mol. The van der Waals surface area contributed by atoms with Crippen LogP contribution in [0.25, 0.3) is 0 Å².